The molecule has 0 spiro atoms. The second kappa shape index (κ2) is 11.2. The lowest BCUT2D eigenvalue weighted by atomic mass is 9.93. The lowest BCUT2D eigenvalue weighted by molar-refractivity contribution is 0.161. The molecule has 0 saturated carbocycles. The van der Waals surface area contributed by atoms with Crippen LogP contribution in [-0.4, -0.2) is 85.3 Å². The molecule has 2 rings (SSSR count). The maximum absolute atomic E-state index is 5.13. The van der Waals surface area contributed by atoms with Gasteiger partial charge in [-0.2, -0.15) is 0 Å². The van der Waals surface area contributed by atoms with Crippen LogP contribution in [-0.2, 0) is 4.74 Å². The summed E-state index contributed by atoms with van der Waals surface area (Å²) in [7, 11) is 3.88. The molecule has 1 N–H and O–H groups in total. The summed E-state index contributed by atoms with van der Waals surface area (Å²) in [5, 5.41) is 3.47. The maximum Gasteiger partial charge on any atom is 0.193 e. The van der Waals surface area contributed by atoms with Crippen LogP contribution in [0.3, 0.4) is 0 Å². The Morgan fingerprint density at radius 1 is 1.42 bits per heavy atom. The zero-order valence-corrected chi connectivity index (χ0v) is 16.9. The van der Waals surface area contributed by atoms with Crippen LogP contribution in [0.4, 0.5) is 0 Å². The lowest BCUT2D eigenvalue weighted by Crippen LogP contribution is -2.49. The standard InChI is InChI=1S/C19H36N6O/c1-5-21-19(22-8-6-10-23(3)13-14-26-4)24-11-7-17(2)18(15-24)25-12-9-20-16-25/h9,12,16-18H,5-8,10-11,13-15H2,1-4H3,(H,21,22). The SMILES string of the molecule is CCNC(=NCCCN(C)CCOC)N1CCC(C)C(n2ccnc2)C1. The maximum atomic E-state index is 5.13. The number of rotatable bonds is 9. The van der Waals surface area contributed by atoms with Crippen LogP contribution < -0.4 is 5.32 Å². The summed E-state index contributed by atoms with van der Waals surface area (Å²) in [6.07, 6.45) is 8.11. The first-order valence-electron chi connectivity index (χ1n) is 9.83. The van der Waals surface area contributed by atoms with Gasteiger partial charge in [-0.3, -0.25) is 4.99 Å². The highest BCUT2D eigenvalue weighted by molar-refractivity contribution is 5.80. The van der Waals surface area contributed by atoms with Crippen LogP contribution in [0.25, 0.3) is 0 Å². The number of imidazole rings is 1. The molecule has 0 amide bonds. The second-order valence-corrected chi connectivity index (χ2v) is 7.17. The zero-order valence-electron chi connectivity index (χ0n) is 16.9. The summed E-state index contributed by atoms with van der Waals surface area (Å²) in [6, 6.07) is 0.454. The van der Waals surface area contributed by atoms with Gasteiger partial charge in [0.15, 0.2) is 5.96 Å². The fourth-order valence-electron chi connectivity index (χ4n) is 3.41. The van der Waals surface area contributed by atoms with Crippen molar-refractivity contribution in [3.05, 3.63) is 18.7 Å². The van der Waals surface area contributed by atoms with Crippen molar-refractivity contribution in [2.24, 2.45) is 10.9 Å². The number of aliphatic imine (C=N–C) groups is 1. The average molecular weight is 365 g/mol. The van der Waals surface area contributed by atoms with Crippen LogP contribution in [0, 0.1) is 5.92 Å². The van der Waals surface area contributed by atoms with Gasteiger partial charge in [-0.15, -0.1) is 0 Å². The van der Waals surface area contributed by atoms with Gasteiger partial charge in [-0.25, -0.2) is 4.98 Å². The molecule has 26 heavy (non-hydrogen) atoms. The third-order valence-electron chi connectivity index (χ3n) is 5.10. The summed E-state index contributed by atoms with van der Waals surface area (Å²) in [4.78, 5) is 13.8. The Morgan fingerprint density at radius 2 is 2.27 bits per heavy atom. The number of methoxy groups -OCH3 is 1. The van der Waals surface area contributed by atoms with E-state index in [1.165, 1.54) is 6.42 Å². The van der Waals surface area contributed by atoms with Gasteiger partial charge in [0.25, 0.3) is 0 Å². The Bertz CT molecular complexity index is 518. The Kier molecular flexibility index (Phi) is 8.91. The number of nitrogens with zero attached hydrogens (tertiary/aromatic N) is 5. The zero-order chi connectivity index (χ0) is 18.8. The molecule has 0 aromatic carbocycles. The molecule has 1 aliphatic heterocycles. The van der Waals surface area contributed by atoms with Crippen LogP contribution in [0.5, 0.6) is 0 Å². The van der Waals surface area contributed by atoms with Crippen LogP contribution in [0.15, 0.2) is 23.7 Å². The van der Waals surface area contributed by atoms with Crippen molar-refractivity contribution < 1.29 is 4.74 Å². The van der Waals surface area contributed by atoms with Gasteiger partial charge in [0, 0.05) is 52.2 Å². The fourth-order valence-corrected chi connectivity index (χ4v) is 3.41. The van der Waals surface area contributed by atoms with Crippen molar-refractivity contribution >= 4 is 5.96 Å². The summed E-state index contributed by atoms with van der Waals surface area (Å²) in [6.45, 7) is 11.1. The van der Waals surface area contributed by atoms with Crippen molar-refractivity contribution in [1.82, 2.24) is 24.7 Å². The van der Waals surface area contributed by atoms with Crippen molar-refractivity contribution in [3.63, 3.8) is 0 Å². The highest BCUT2D eigenvalue weighted by atomic mass is 16.5. The van der Waals surface area contributed by atoms with Gasteiger partial charge in [0.05, 0.1) is 19.0 Å². The highest BCUT2D eigenvalue weighted by Gasteiger charge is 2.28. The Balaban J connectivity index is 1.89. The molecular formula is C19H36N6O. The van der Waals surface area contributed by atoms with E-state index in [0.717, 1.165) is 58.3 Å². The number of likely N-dealkylation sites (N-methyl/N-ethyl adjacent to an activating group) is 1. The minimum absolute atomic E-state index is 0.454. The second-order valence-electron chi connectivity index (χ2n) is 7.17. The van der Waals surface area contributed by atoms with E-state index in [1.54, 1.807) is 7.11 Å². The van der Waals surface area contributed by atoms with Crippen molar-refractivity contribution in [2.75, 3.05) is 60.0 Å². The summed E-state index contributed by atoms with van der Waals surface area (Å²) in [5.41, 5.74) is 0. The van der Waals surface area contributed by atoms with Crippen molar-refractivity contribution in [2.45, 2.75) is 32.7 Å². The number of likely N-dealkylation sites (tertiary alicyclic amines) is 1. The summed E-state index contributed by atoms with van der Waals surface area (Å²) < 4.78 is 7.37. The molecule has 148 valence electrons. The van der Waals surface area contributed by atoms with E-state index in [2.05, 4.69) is 51.8 Å². The van der Waals surface area contributed by atoms with Crippen molar-refractivity contribution in [1.29, 1.82) is 0 Å². The number of hydrogen-bond acceptors (Lipinski definition) is 4. The third-order valence-corrected chi connectivity index (χ3v) is 5.10. The van der Waals surface area contributed by atoms with E-state index in [4.69, 9.17) is 9.73 Å². The number of hydrogen-bond donors (Lipinski definition) is 1. The van der Waals surface area contributed by atoms with Crippen molar-refractivity contribution in [3.8, 4) is 0 Å². The van der Waals surface area contributed by atoms with Gasteiger partial charge < -0.3 is 24.4 Å². The number of guanidine groups is 1. The third kappa shape index (κ3) is 6.29. The van der Waals surface area contributed by atoms with Gasteiger partial charge in [-0.05, 0) is 39.3 Å². The summed E-state index contributed by atoms with van der Waals surface area (Å²) in [5.74, 6) is 1.70. The minimum Gasteiger partial charge on any atom is -0.383 e. The largest absolute Gasteiger partial charge is 0.383 e. The summed E-state index contributed by atoms with van der Waals surface area (Å²) >= 11 is 0. The van der Waals surface area contributed by atoms with E-state index in [9.17, 15) is 0 Å². The van der Waals surface area contributed by atoms with Gasteiger partial charge in [0.1, 0.15) is 0 Å². The van der Waals surface area contributed by atoms with Crippen LogP contribution in [0.2, 0.25) is 0 Å². The minimum atomic E-state index is 0.454. The molecule has 7 nitrogen and oxygen atoms in total. The van der Waals surface area contributed by atoms with E-state index in [1.807, 2.05) is 12.5 Å². The molecule has 1 saturated heterocycles. The topological polar surface area (TPSA) is 57.9 Å². The molecule has 1 aromatic heterocycles. The molecular weight excluding hydrogens is 328 g/mol. The van der Waals surface area contributed by atoms with Gasteiger partial charge >= 0.3 is 0 Å². The predicted octanol–water partition coefficient (Wildman–Crippen LogP) is 1.70. The molecule has 7 heteroatoms. The molecule has 1 aliphatic rings. The predicted molar refractivity (Wildman–Crippen MR) is 107 cm³/mol. The quantitative estimate of drug-likeness (QED) is 0.411. The number of ether oxygens (including phenoxy) is 1. The molecule has 0 bridgehead atoms. The molecule has 2 heterocycles. The van der Waals surface area contributed by atoms with E-state index < -0.39 is 0 Å². The first-order valence-corrected chi connectivity index (χ1v) is 9.83. The molecule has 0 radical (unpaired) electrons. The van der Waals surface area contributed by atoms with Crippen LogP contribution in [0.1, 0.15) is 32.7 Å². The molecule has 2 atom stereocenters. The lowest BCUT2D eigenvalue weighted by Gasteiger charge is -2.39. The Labute approximate surface area is 158 Å². The average Bonchev–Trinajstić information content (AvgIpc) is 3.17. The number of nitrogens with one attached hydrogen (secondary N) is 1. The van der Waals surface area contributed by atoms with E-state index in [-0.39, 0.29) is 0 Å². The Hall–Kier alpha value is -1.60. The molecule has 1 aromatic rings. The smallest absolute Gasteiger partial charge is 0.193 e. The molecule has 1 fully saturated rings. The number of aromatic nitrogens is 2. The molecule has 0 aliphatic carbocycles. The fraction of sp³-hybridized carbons (Fsp3) is 0.789. The first-order chi connectivity index (χ1) is 12.7. The van der Waals surface area contributed by atoms with Crippen LogP contribution >= 0.6 is 0 Å². The first kappa shape index (κ1) is 20.7. The van der Waals surface area contributed by atoms with Gasteiger partial charge in [-0.1, -0.05) is 6.92 Å². The van der Waals surface area contributed by atoms with E-state index >= 15 is 0 Å². The monoisotopic (exact) mass is 364 g/mol. The highest BCUT2D eigenvalue weighted by Crippen LogP contribution is 2.27. The van der Waals surface area contributed by atoms with E-state index in [0.29, 0.717) is 12.0 Å². The normalized spacial score (nSPS) is 21.4. The number of piperidine rings is 1. The Morgan fingerprint density at radius 3 is 2.96 bits per heavy atom. The molecule has 2 unspecified atom stereocenters. The van der Waals surface area contributed by atoms with Gasteiger partial charge in [0.2, 0.25) is 0 Å².